The van der Waals surface area contributed by atoms with Gasteiger partial charge in [0.05, 0.1) is 39.2 Å². The quantitative estimate of drug-likeness (QED) is 0.0863. The molecule has 0 bridgehead atoms. The highest BCUT2D eigenvalue weighted by Crippen LogP contribution is 2.54. The van der Waals surface area contributed by atoms with E-state index in [0.717, 1.165) is 56.2 Å². The van der Waals surface area contributed by atoms with Gasteiger partial charge in [0.15, 0.2) is 46.5 Å². The minimum absolute atomic E-state index is 0.0188. The minimum atomic E-state index is -2.48. The van der Waals surface area contributed by atoms with Gasteiger partial charge in [-0.2, -0.15) is 0 Å². The Morgan fingerprint density at radius 1 is 0.443 bits per heavy atom. The summed E-state index contributed by atoms with van der Waals surface area (Å²) in [5.74, 6) is -22.0. The van der Waals surface area contributed by atoms with Crippen LogP contribution in [0.3, 0.4) is 0 Å². The number of halogens is 10. The van der Waals surface area contributed by atoms with Crippen LogP contribution in [0.4, 0.5) is 66.7 Å². The van der Waals surface area contributed by atoms with Crippen LogP contribution in [0, 0.1) is 72.0 Å². The first-order valence-corrected chi connectivity index (χ1v) is 25.2. The van der Waals surface area contributed by atoms with Crippen molar-refractivity contribution in [3.8, 4) is 50.7 Å². The topological polar surface area (TPSA) is 33.5 Å². The van der Waals surface area contributed by atoms with Gasteiger partial charge in [-0.15, -0.1) is 0 Å². The lowest BCUT2D eigenvalue weighted by Crippen LogP contribution is -2.26. The first-order chi connectivity index (χ1) is 37.4. The number of rotatable bonds is 8. The fourth-order valence-corrected chi connectivity index (χ4v) is 10.6. The zero-order valence-corrected chi connectivity index (χ0v) is 43.9. The van der Waals surface area contributed by atoms with Crippen LogP contribution >= 0.6 is 0 Å². The van der Waals surface area contributed by atoms with Gasteiger partial charge < -0.3 is 14.5 Å². The van der Waals surface area contributed by atoms with E-state index in [-0.39, 0.29) is 16.7 Å². The Balaban J connectivity index is 1.13. The summed E-state index contributed by atoms with van der Waals surface area (Å²) in [6, 6.07) is 37.8. The molecular formula is C64H48F10N4O. The van der Waals surface area contributed by atoms with Crippen LogP contribution in [0.15, 0.2) is 134 Å². The summed E-state index contributed by atoms with van der Waals surface area (Å²) in [4.78, 5) is 7.81. The third kappa shape index (κ3) is 8.89. The number of hydrogen-bond acceptors (Lipinski definition) is 4. The molecule has 0 saturated carbocycles. The number of anilines is 4. The molecule has 10 aromatic rings. The van der Waals surface area contributed by atoms with E-state index in [1.54, 1.807) is 56.1 Å². The van der Waals surface area contributed by atoms with Gasteiger partial charge in [-0.05, 0) is 114 Å². The van der Waals surface area contributed by atoms with E-state index in [1.165, 1.54) is 11.0 Å². The summed E-state index contributed by atoms with van der Waals surface area (Å²) in [7, 11) is 0. The monoisotopic (exact) mass is 1080 g/mol. The fourth-order valence-electron chi connectivity index (χ4n) is 10.6. The molecule has 8 aromatic carbocycles. The molecule has 0 radical (unpaired) electrons. The molecule has 5 nitrogen and oxygen atoms in total. The summed E-state index contributed by atoms with van der Waals surface area (Å²) < 4.78 is 166. The van der Waals surface area contributed by atoms with Crippen molar-refractivity contribution in [2.45, 2.75) is 66.2 Å². The molecule has 2 aromatic heterocycles. The fraction of sp³-hybridized carbons (Fsp3) is 0.172. The van der Waals surface area contributed by atoms with Crippen molar-refractivity contribution >= 4 is 44.6 Å². The van der Waals surface area contributed by atoms with Crippen molar-refractivity contribution in [3.05, 3.63) is 214 Å². The average Bonchev–Trinajstić information content (AvgIpc) is 3.98. The maximum absolute atomic E-state index is 16.4. The molecular weight excluding hydrogens is 1030 g/mol. The highest BCUT2D eigenvalue weighted by molar-refractivity contribution is 6.09. The molecule has 0 unspecified atom stereocenters. The van der Waals surface area contributed by atoms with Crippen molar-refractivity contribution in [1.82, 2.24) is 9.55 Å². The Morgan fingerprint density at radius 3 is 1.52 bits per heavy atom. The van der Waals surface area contributed by atoms with Crippen LogP contribution < -0.4 is 14.5 Å². The Labute approximate surface area is 448 Å². The van der Waals surface area contributed by atoms with E-state index in [1.807, 2.05) is 92.7 Å². The van der Waals surface area contributed by atoms with Gasteiger partial charge >= 0.3 is 0 Å². The van der Waals surface area contributed by atoms with Crippen LogP contribution in [0.2, 0.25) is 0 Å². The lowest BCUT2D eigenvalue weighted by atomic mass is 9.81. The van der Waals surface area contributed by atoms with Crippen molar-refractivity contribution in [2.24, 2.45) is 0 Å². The second kappa shape index (κ2) is 19.1. The molecule has 11 rings (SSSR count). The standard InChI is InChI=1S/C64H48F10N4O/c1-32-21-33(2)23-34(22-32)35-24-38(29-40(25-35)79-39-17-18-42-41-13-9-10-14-45(41)78(48(42)30-39)49-28-36(19-20-75-49)63(3,4)5)76-31-77(47-16-12-11-15-46(47)76)62-43(50-52(65)56(69)60(73)57(70)53(50)66)26-37(64(6,7)8)27-44(62)51-54(67)58(71)61(74)59(72)55(51)68/h9-30H,31H2,1-8H3. The summed E-state index contributed by atoms with van der Waals surface area (Å²) in [5.41, 5.74) is 0.523. The molecule has 0 fully saturated rings. The molecule has 3 heterocycles. The van der Waals surface area contributed by atoms with Crippen LogP contribution in [0.5, 0.6) is 11.5 Å². The summed E-state index contributed by atoms with van der Waals surface area (Å²) in [6.07, 6.45) is 1.79. The Bertz CT molecular complexity index is 4010. The molecule has 15 heteroatoms. The van der Waals surface area contributed by atoms with E-state index in [9.17, 15) is 8.78 Å². The highest BCUT2D eigenvalue weighted by Gasteiger charge is 2.39. The van der Waals surface area contributed by atoms with Gasteiger partial charge in [0.1, 0.15) is 24.0 Å². The number of hydrogen-bond donors (Lipinski definition) is 0. The van der Waals surface area contributed by atoms with Gasteiger partial charge in [0.2, 0.25) is 11.6 Å². The number of para-hydroxylation sites is 3. The highest BCUT2D eigenvalue weighted by atomic mass is 19.2. The second-order valence-corrected chi connectivity index (χ2v) is 21.9. The predicted molar refractivity (Wildman–Crippen MR) is 290 cm³/mol. The zero-order chi connectivity index (χ0) is 56.3. The molecule has 1 aliphatic heterocycles. The van der Waals surface area contributed by atoms with Gasteiger partial charge in [-0.1, -0.05) is 101 Å². The first-order valence-electron chi connectivity index (χ1n) is 25.2. The van der Waals surface area contributed by atoms with Crippen LogP contribution in [0.25, 0.3) is 61.0 Å². The van der Waals surface area contributed by atoms with Crippen LogP contribution in [-0.4, -0.2) is 16.2 Å². The molecule has 0 aliphatic carbocycles. The average molecular weight is 1080 g/mol. The maximum Gasteiger partial charge on any atom is 0.200 e. The van der Waals surface area contributed by atoms with Crippen LogP contribution in [-0.2, 0) is 10.8 Å². The lowest BCUT2D eigenvalue weighted by Gasteiger charge is -2.30. The maximum atomic E-state index is 16.4. The predicted octanol–water partition coefficient (Wildman–Crippen LogP) is 18.8. The molecule has 400 valence electrons. The molecule has 0 amide bonds. The molecule has 79 heavy (non-hydrogen) atoms. The third-order valence-electron chi connectivity index (χ3n) is 14.4. The third-order valence-corrected chi connectivity index (χ3v) is 14.4. The van der Waals surface area contributed by atoms with Crippen molar-refractivity contribution in [2.75, 3.05) is 16.5 Å². The molecule has 0 N–H and O–H groups in total. The summed E-state index contributed by atoms with van der Waals surface area (Å²) in [5, 5.41) is 1.93. The van der Waals surface area contributed by atoms with E-state index in [4.69, 9.17) is 9.72 Å². The minimum Gasteiger partial charge on any atom is -0.457 e. The van der Waals surface area contributed by atoms with Crippen molar-refractivity contribution < 1.29 is 48.6 Å². The molecule has 0 atom stereocenters. The smallest absolute Gasteiger partial charge is 0.200 e. The van der Waals surface area contributed by atoms with Gasteiger partial charge in [0.25, 0.3) is 0 Å². The summed E-state index contributed by atoms with van der Waals surface area (Å²) >= 11 is 0. The number of ether oxygens (including phenoxy) is 1. The number of pyridine rings is 1. The lowest BCUT2D eigenvalue weighted by molar-refractivity contribution is 0.381. The largest absolute Gasteiger partial charge is 0.457 e. The zero-order valence-electron chi connectivity index (χ0n) is 43.9. The van der Waals surface area contributed by atoms with Gasteiger partial charge in [-0.3, -0.25) is 4.57 Å². The first kappa shape index (κ1) is 52.5. The van der Waals surface area contributed by atoms with Gasteiger partial charge in [-0.25, -0.2) is 48.9 Å². The molecule has 0 saturated heterocycles. The van der Waals surface area contributed by atoms with Crippen LogP contribution in [0.1, 0.15) is 63.8 Å². The van der Waals surface area contributed by atoms with E-state index < -0.39 is 98.2 Å². The normalized spacial score (nSPS) is 12.8. The van der Waals surface area contributed by atoms with Crippen molar-refractivity contribution in [3.63, 3.8) is 0 Å². The Kier molecular flexibility index (Phi) is 12.7. The Morgan fingerprint density at radius 2 is 0.949 bits per heavy atom. The van der Waals surface area contributed by atoms with Gasteiger partial charge in [0, 0.05) is 45.9 Å². The molecule has 0 spiro atoms. The number of fused-ring (bicyclic) bond motifs is 4. The number of benzene rings is 8. The Hall–Kier alpha value is -8.59. The van der Waals surface area contributed by atoms with E-state index in [2.05, 4.69) is 31.4 Å². The summed E-state index contributed by atoms with van der Waals surface area (Å²) in [6.45, 7) is 14.6. The second-order valence-electron chi connectivity index (χ2n) is 21.9. The SMILES string of the molecule is Cc1cc(C)cc(-c2cc(Oc3ccc4c5ccccc5n(-c5cc(C(C)(C)C)ccn5)c4c3)cc(N3CN(c4c(-c5c(F)c(F)c(F)c(F)c5F)cc(C(C)(C)C)cc4-c4c(F)c(F)c(F)c(F)c4F)c4ccccc43)c2)c1. The van der Waals surface area contributed by atoms with E-state index in [0.29, 0.717) is 34.3 Å². The molecule has 1 aliphatic rings. The van der Waals surface area contributed by atoms with Crippen molar-refractivity contribution in [1.29, 1.82) is 0 Å². The number of nitrogens with zero attached hydrogens (tertiary/aromatic N) is 4. The number of aromatic nitrogens is 2. The number of aryl methyl sites for hydroxylation is 2. The van der Waals surface area contributed by atoms with E-state index >= 15 is 35.1 Å².